The summed E-state index contributed by atoms with van der Waals surface area (Å²) in [4.78, 5) is 24.8. The highest BCUT2D eigenvalue weighted by molar-refractivity contribution is 6.18. The number of nitrogens with one attached hydrogen (secondary N) is 1. The molecule has 1 aliphatic rings. The minimum absolute atomic E-state index is 0.147. The Morgan fingerprint density at radius 2 is 1.92 bits per heavy atom. The molecule has 1 rings (SSSR count). The first-order valence-corrected chi connectivity index (χ1v) is 8.81. The molecule has 0 aromatic heterocycles. The van der Waals surface area contributed by atoms with Crippen molar-refractivity contribution in [1.29, 1.82) is 0 Å². The van der Waals surface area contributed by atoms with Gasteiger partial charge in [0.25, 0.3) is 0 Å². The zero-order valence-corrected chi connectivity index (χ0v) is 15.6. The molecule has 0 saturated carbocycles. The van der Waals surface area contributed by atoms with E-state index in [1.165, 1.54) is 0 Å². The van der Waals surface area contributed by atoms with Gasteiger partial charge in [-0.1, -0.05) is 0 Å². The Hall–Kier alpha value is -1.05. The molecule has 0 aliphatic carbocycles. The van der Waals surface area contributed by atoms with E-state index >= 15 is 0 Å². The first kappa shape index (κ1) is 21.0. The number of carbonyl (C=O) groups is 2. The highest BCUT2D eigenvalue weighted by atomic mass is 35.5. The molecule has 1 saturated heterocycles. The van der Waals surface area contributed by atoms with Gasteiger partial charge in [-0.15, -0.1) is 11.6 Å². The van der Waals surface area contributed by atoms with Crippen molar-refractivity contribution in [3.05, 3.63) is 0 Å². The van der Waals surface area contributed by atoms with Crippen molar-refractivity contribution in [3.63, 3.8) is 0 Å². The van der Waals surface area contributed by atoms with Gasteiger partial charge in [-0.3, -0.25) is 4.79 Å². The number of halogens is 1. The molecule has 0 spiro atoms. The molecular formula is C16H29ClN2O5. The molecule has 0 bridgehead atoms. The molecule has 8 heteroatoms. The van der Waals surface area contributed by atoms with Gasteiger partial charge in [0.1, 0.15) is 5.60 Å². The number of alkyl halides is 1. The molecule has 1 N–H and O–H groups in total. The largest absolute Gasteiger partial charge is 0.444 e. The van der Waals surface area contributed by atoms with Crippen molar-refractivity contribution < 1.29 is 23.8 Å². The van der Waals surface area contributed by atoms with E-state index in [9.17, 15) is 9.59 Å². The Kier molecular flexibility index (Phi) is 9.39. The highest BCUT2D eigenvalue weighted by Gasteiger charge is 2.28. The van der Waals surface area contributed by atoms with Gasteiger partial charge in [-0.05, 0) is 26.7 Å². The average molecular weight is 365 g/mol. The van der Waals surface area contributed by atoms with Gasteiger partial charge in [0.15, 0.2) is 0 Å². The number of likely N-dealkylation sites (tertiary alicyclic amines) is 1. The summed E-state index contributed by atoms with van der Waals surface area (Å²) in [5, 5.41) is 2.61. The standard InChI is InChI=1S/C16H29ClN2O5/c1-16(2,3)24-15(21)18-4-6-22-8-9-23-7-5-19-12-13(11-17)10-14(19)20/h13H,4-12H2,1-3H3,(H,18,21). The lowest BCUT2D eigenvalue weighted by molar-refractivity contribution is -0.128. The van der Waals surface area contributed by atoms with Crippen LogP contribution in [0.2, 0.25) is 0 Å². The van der Waals surface area contributed by atoms with Crippen LogP contribution in [0.1, 0.15) is 27.2 Å². The monoisotopic (exact) mass is 364 g/mol. The second-order valence-electron chi connectivity index (χ2n) is 6.72. The number of alkyl carbamates (subject to hydrolysis) is 1. The maximum Gasteiger partial charge on any atom is 0.407 e. The van der Waals surface area contributed by atoms with Crippen LogP contribution >= 0.6 is 11.6 Å². The fraction of sp³-hybridized carbons (Fsp3) is 0.875. The van der Waals surface area contributed by atoms with Crippen LogP contribution in [0.4, 0.5) is 4.79 Å². The van der Waals surface area contributed by atoms with Crippen molar-refractivity contribution in [2.75, 3.05) is 51.9 Å². The van der Waals surface area contributed by atoms with Crippen LogP contribution in [-0.2, 0) is 19.0 Å². The summed E-state index contributed by atoms with van der Waals surface area (Å²) in [5.41, 5.74) is -0.501. The predicted octanol–water partition coefficient (Wildman–Crippen LogP) is 1.63. The van der Waals surface area contributed by atoms with Crippen LogP contribution in [0.5, 0.6) is 0 Å². The second-order valence-corrected chi connectivity index (χ2v) is 7.03. The van der Waals surface area contributed by atoms with E-state index in [1.807, 2.05) is 20.8 Å². The first-order valence-electron chi connectivity index (χ1n) is 8.28. The van der Waals surface area contributed by atoms with Crippen molar-refractivity contribution >= 4 is 23.6 Å². The van der Waals surface area contributed by atoms with Gasteiger partial charge in [-0.2, -0.15) is 0 Å². The Bertz CT molecular complexity index is 400. The number of nitrogens with zero attached hydrogens (tertiary/aromatic N) is 1. The van der Waals surface area contributed by atoms with Gasteiger partial charge < -0.3 is 24.4 Å². The number of ether oxygens (including phenoxy) is 3. The first-order chi connectivity index (χ1) is 11.3. The third-order valence-electron chi connectivity index (χ3n) is 3.30. The molecule has 0 aromatic carbocycles. The normalized spacial score (nSPS) is 18.1. The molecule has 1 atom stereocenters. The number of hydrogen-bond donors (Lipinski definition) is 1. The van der Waals surface area contributed by atoms with Crippen LogP contribution in [0.25, 0.3) is 0 Å². The summed E-state index contributed by atoms with van der Waals surface area (Å²) in [6.07, 6.45) is 0.0879. The Morgan fingerprint density at radius 3 is 2.50 bits per heavy atom. The molecular weight excluding hydrogens is 336 g/mol. The minimum Gasteiger partial charge on any atom is -0.444 e. The fourth-order valence-corrected chi connectivity index (χ4v) is 2.42. The van der Waals surface area contributed by atoms with E-state index in [1.54, 1.807) is 4.90 Å². The molecule has 1 aliphatic heterocycles. The van der Waals surface area contributed by atoms with E-state index in [4.69, 9.17) is 25.8 Å². The van der Waals surface area contributed by atoms with Crippen molar-refractivity contribution in [3.8, 4) is 0 Å². The maximum atomic E-state index is 11.7. The van der Waals surface area contributed by atoms with Crippen molar-refractivity contribution in [2.45, 2.75) is 32.8 Å². The molecule has 0 radical (unpaired) electrons. The van der Waals surface area contributed by atoms with E-state index in [0.29, 0.717) is 51.8 Å². The molecule has 1 fully saturated rings. The summed E-state index contributed by atoms with van der Waals surface area (Å²) >= 11 is 5.77. The zero-order chi connectivity index (χ0) is 18.0. The number of carbonyl (C=O) groups excluding carboxylic acids is 2. The molecule has 1 unspecified atom stereocenters. The molecule has 2 amide bonds. The van der Waals surface area contributed by atoms with Crippen molar-refractivity contribution in [2.24, 2.45) is 5.92 Å². The molecule has 7 nitrogen and oxygen atoms in total. The third kappa shape index (κ3) is 9.30. The lowest BCUT2D eigenvalue weighted by Crippen LogP contribution is -2.34. The second kappa shape index (κ2) is 10.7. The van der Waals surface area contributed by atoms with Gasteiger partial charge in [0, 0.05) is 31.9 Å². The predicted molar refractivity (Wildman–Crippen MR) is 91.3 cm³/mol. The fourth-order valence-electron chi connectivity index (χ4n) is 2.21. The van der Waals surface area contributed by atoms with Crippen LogP contribution in [0.15, 0.2) is 0 Å². The van der Waals surface area contributed by atoms with Gasteiger partial charge in [0.2, 0.25) is 5.91 Å². The lowest BCUT2D eigenvalue weighted by atomic mass is 10.2. The Morgan fingerprint density at radius 1 is 1.25 bits per heavy atom. The van der Waals surface area contributed by atoms with Crippen LogP contribution in [0.3, 0.4) is 0 Å². The van der Waals surface area contributed by atoms with Crippen molar-refractivity contribution in [1.82, 2.24) is 10.2 Å². The summed E-state index contributed by atoms with van der Waals surface area (Å²) in [6.45, 7) is 8.90. The van der Waals surface area contributed by atoms with Crippen LogP contribution in [0, 0.1) is 5.92 Å². The quantitative estimate of drug-likeness (QED) is 0.471. The smallest absolute Gasteiger partial charge is 0.407 e. The van der Waals surface area contributed by atoms with Gasteiger partial charge >= 0.3 is 6.09 Å². The lowest BCUT2D eigenvalue weighted by Gasteiger charge is -2.19. The number of amides is 2. The van der Waals surface area contributed by atoms with E-state index in [0.717, 1.165) is 6.54 Å². The van der Waals surface area contributed by atoms with Gasteiger partial charge in [-0.25, -0.2) is 4.79 Å². The molecule has 24 heavy (non-hydrogen) atoms. The molecule has 140 valence electrons. The molecule has 1 heterocycles. The minimum atomic E-state index is -0.501. The van der Waals surface area contributed by atoms with Crippen LogP contribution in [-0.4, -0.2) is 74.4 Å². The highest BCUT2D eigenvalue weighted by Crippen LogP contribution is 2.18. The van der Waals surface area contributed by atoms with E-state index < -0.39 is 11.7 Å². The van der Waals surface area contributed by atoms with Gasteiger partial charge in [0.05, 0.1) is 26.4 Å². The summed E-state index contributed by atoms with van der Waals surface area (Å²) in [7, 11) is 0. The maximum absolute atomic E-state index is 11.7. The number of rotatable bonds is 10. The Labute approximate surface area is 148 Å². The summed E-state index contributed by atoms with van der Waals surface area (Å²) < 4.78 is 15.9. The average Bonchev–Trinajstić information content (AvgIpc) is 2.84. The SMILES string of the molecule is CC(C)(C)OC(=O)NCCOCCOCCN1CC(CCl)CC1=O. The topological polar surface area (TPSA) is 77.1 Å². The van der Waals surface area contributed by atoms with E-state index in [2.05, 4.69) is 5.32 Å². The summed E-state index contributed by atoms with van der Waals surface area (Å²) in [6, 6.07) is 0. The number of hydrogen-bond acceptors (Lipinski definition) is 5. The summed E-state index contributed by atoms with van der Waals surface area (Å²) in [5.74, 6) is 0.933. The third-order valence-corrected chi connectivity index (χ3v) is 3.74. The molecule has 0 aromatic rings. The van der Waals surface area contributed by atoms with E-state index in [-0.39, 0.29) is 11.8 Å². The zero-order valence-electron chi connectivity index (χ0n) is 14.8. The van der Waals surface area contributed by atoms with Crippen LogP contribution < -0.4 is 5.32 Å². The Balaban J connectivity index is 1.91.